The van der Waals surface area contributed by atoms with Crippen LogP contribution in [0.4, 0.5) is 13.6 Å². The molecule has 6 rings (SSSR count). The lowest BCUT2D eigenvalue weighted by molar-refractivity contribution is -0.142. The van der Waals surface area contributed by atoms with Crippen LogP contribution in [-0.4, -0.2) is 76.5 Å². The van der Waals surface area contributed by atoms with Crippen molar-refractivity contribution in [1.29, 1.82) is 0 Å². The normalized spacial score (nSPS) is 26.1. The van der Waals surface area contributed by atoms with Gasteiger partial charge in [-0.1, -0.05) is 38.1 Å². The van der Waals surface area contributed by atoms with Crippen LogP contribution in [-0.2, 0) is 14.3 Å². The van der Waals surface area contributed by atoms with Crippen molar-refractivity contribution >= 4 is 17.9 Å². The number of nitrogens with zero attached hydrogens (tertiary/aromatic N) is 3. The third-order valence-corrected chi connectivity index (χ3v) is 10.0. The van der Waals surface area contributed by atoms with Gasteiger partial charge in [-0.25, -0.2) is 13.6 Å². The summed E-state index contributed by atoms with van der Waals surface area (Å²) in [6, 6.07) is 12.5. The zero-order valence-electron chi connectivity index (χ0n) is 28.8. The highest BCUT2D eigenvalue weighted by molar-refractivity contribution is 5.86. The fourth-order valence-electron chi connectivity index (χ4n) is 6.31. The Kier molecular flexibility index (Phi) is 9.75. The molecule has 2 saturated carbocycles. The first kappa shape index (κ1) is 34.8. The molecule has 3 amide bonds. The fraction of sp³-hybridized carbons (Fsp3) is 0.595. The number of halogens is 2. The summed E-state index contributed by atoms with van der Waals surface area (Å²) in [5, 5.41) is 3.44. The first-order valence-electron chi connectivity index (χ1n) is 16.9. The Hall–Kier alpha value is -3.53. The van der Waals surface area contributed by atoms with Gasteiger partial charge < -0.3 is 19.9 Å². The number of amides is 3. The Labute approximate surface area is 277 Å². The molecule has 0 radical (unpaired) electrons. The molecule has 4 fully saturated rings. The molecule has 47 heavy (non-hydrogen) atoms. The molecule has 256 valence electrons. The Morgan fingerprint density at radius 1 is 0.723 bits per heavy atom. The van der Waals surface area contributed by atoms with Gasteiger partial charge in [0.2, 0.25) is 11.8 Å². The van der Waals surface area contributed by atoms with E-state index in [1.807, 2.05) is 44.4 Å². The maximum absolute atomic E-state index is 13.4. The number of hydrogen-bond acceptors (Lipinski definition) is 5. The summed E-state index contributed by atoms with van der Waals surface area (Å²) in [5.41, 5.74) is 0.835. The van der Waals surface area contributed by atoms with Gasteiger partial charge in [-0.05, 0) is 95.7 Å². The van der Waals surface area contributed by atoms with Gasteiger partial charge in [-0.15, -0.1) is 0 Å². The SMILES string of the molecule is C[C@@H]1CN(C(=O)OC(C)(C)C)[C@@H](c2ccc(F)cc2)CN1C(=O)C1(C)CC1.C[C@@H]1CN[C@@H](c2ccc(F)cc2)CN1C(=O)C1(C)CC1. The van der Waals surface area contributed by atoms with Crippen molar-refractivity contribution in [1.82, 2.24) is 20.0 Å². The Morgan fingerprint density at radius 2 is 1.19 bits per heavy atom. The van der Waals surface area contributed by atoms with Crippen molar-refractivity contribution in [2.45, 2.75) is 104 Å². The Bertz CT molecular complexity index is 1450. The topological polar surface area (TPSA) is 82.2 Å². The van der Waals surface area contributed by atoms with Crippen molar-refractivity contribution in [3.63, 3.8) is 0 Å². The summed E-state index contributed by atoms with van der Waals surface area (Å²) in [7, 11) is 0. The van der Waals surface area contributed by atoms with E-state index in [0.29, 0.717) is 19.6 Å². The summed E-state index contributed by atoms with van der Waals surface area (Å²) >= 11 is 0. The van der Waals surface area contributed by atoms with E-state index < -0.39 is 11.7 Å². The van der Waals surface area contributed by atoms with Gasteiger partial charge in [-0.3, -0.25) is 14.5 Å². The van der Waals surface area contributed by atoms with Crippen LogP contribution in [0.3, 0.4) is 0 Å². The zero-order chi connectivity index (χ0) is 34.3. The second-order valence-corrected chi connectivity index (χ2v) is 15.4. The van der Waals surface area contributed by atoms with Crippen LogP contribution in [0, 0.1) is 22.5 Å². The smallest absolute Gasteiger partial charge is 0.410 e. The Morgan fingerprint density at radius 3 is 1.66 bits per heavy atom. The van der Waals surface area contributed by atoms with E-state index in [1.165, 1.54) is 24.3 Å². The average molecular weight is 653 g/mol. The summed E-state index contributed by atoms with van der Waals surface area (Å²) in [4.78, 5) is 43.9. The second kappa shape index (κ2) is 13.2. The minimum Gasteiger partial charge on any atom is -0.444 e. The molecule has 4 aliphatic rings. The maximum Gasteiger partial charge on any atom is 0.410 e. The molecule has 8 nitrogen and oxygen atoms in total. The third-order valence-electron chi connectivity index (χ3n) is 10.0. The average Bonchev–Trinajstić information content (AvgIpc) is 3.95. The second-order valence-electron chi connectivity index (χ2n) is 15.4. The highest BCUT2D eigenvalue weighted by atomic mass is 19.1. The standard InChI is InChI=1S/C21H29FN2O3.C16H21FN2O/c1-14-12-24(19(26)27-20(2,3)4)17(15-6-8-16(22)9-7-15)13-23(14)18(25)21(5)10-11-21;1-11-9-18-14(12-3-5-13(17)6-4-12)10-19(11)15(20)16(2)7-8-16/h6-9,14,17H,10-13H2,1-5H3;3-6,11,14,18H,7-10H2,1-2H3/t14-,17-;11-,14-/m11/s1. The lowest BCUT2D eigenvalue weighted by Gasteiger charge is -2.46. The van der Waals surface area contributed by atoms with Crippen LogP contribution in [0.5, 0.6) is 0 Å². The zero-order valence-corrected chi connectivity index (χ0v) is 28.8. The van der Waals surface area contributed by atoms with E-state index in [1.54, 1.807) is 29.2 Å². The molecule has 0 spiro atoms. The van der Waals surface area contributed by atoms with Crippen molar-refractivity contribution in [3.8, 4) is 0 Å². The van der Waals surface area contributed by atoms with Gasteiger partial charge in [0.25, 0.3) is 0 Å². The van der Waals surface area contributed by atoms with Crippen LogP contribution < -0.4 is 5.32 Å². The number of piperazine rings is 2. The summed E-state index contributed by atoms with van der Waals surface area (Å²) in [5.74, 6) is -0.133. The van der Waals surface area contributed by atoms with Gasteiger partial charge in [0.05, 0.1) is 6.04 Å². The molecular formula is C37H50F2N4O4. The lowest BCUT2D eigenvalue weighted by Crippen LogP contribution is -2.58. The monoisotopic (exact) mass is 652 g/mol. The van der Waals surface area contributed by atoms with Crippen molar-refractivity contribution < 1.29 is 27.9 Å². The number of rotatable bonds is 4. The van der Waals surface area contributed by atoms with Gasteiger partial charge in [-0.2, -0.15) is 0 Å². The molecular weight excluding hydrogens is 602 g/mol. The molecule has 2 aromatic carbocycles. The fourth-order valence-corrected chi connectivity index (χ4v) is 6.31. The van der Waals surface area contributed by atoms with E-state index in [2.05, 4.69) is 19.2 Å². The van der Waals surface area contributed by atoms with Crippen LogP contribution in [0.2, 0.25) is 0 Å². The van der Waals surface area contributed by atoms with E-state index in [-0.39, 0.29) is 58.4 Å². The summed E-state index contributed by atoms with van der Waals surface area (Å²) < 4.78 is 32.0. The highest BCUT2D eigenvalue weighted by Crippen LogP contribution is 2.48. The number of hydrogen-bond donors (Lipinski definition) is 1. The molecule has 0 unspecified atom stereocenters. The van der Waals surface area contributed by atoms with Crippen LogP contribution in [0.25, 0.3) is 0 Å². The maximum atomic E-state index is 13.4. The molecule has 0 bridgehead atoms. The number of carbonyl (C=O) groups is 3. The van der Waals surface area contributed by atoms with Gasteiger partial charge in [0, 0.05) is 55.1 Å². The molecule has 2 heterocycles. The molecule has 2 saturated heterocycles. The molecule has 4 atom stereocenters. The quantitative estimate of drug-likeness (QED) is 0.402. The first-order chi connectivity index (χ1) is 22.0. The minimum absolute atomic E-state index is 0.0955. The van der Waals surface area contributed by atoms with E-state index in [0.717, 1.165) is 43.4 Å². The molecule has 0 aromatic heterocycles. The van der Waals surface area contributed by atoms with Crippen LogP contribution in [0.15, 0.2) is 48.5 Å². The van der Waals surface area contributed by atoms with Crippen molar-refractivity contribution in [3.05, 3.63) is 71.3 Å². The van der Waals surface area contributed by atoms with Gasteiger partial charge in [0.1, 0.15) is 17.2 Å². The predicted molar refractivity (Wildman–Crippen MR) is 176 cm³/mol. The molecule has 1 N–H and O–H groups in total. The number of nitrogens with one attached hydrogen (secondary N) is 1. The third kappa shape index (κ3) is 8.13. The first-order valence-corrected chi connectivity index (χ1v) is 16.9. The molecule has 2 aromatic rings. The van der Waals surface area contributed by atoms with E-state index in [9.17, 15) is 23.2 Å². The van der Waals surface area contributed by atoms with Crippen LogP contribution in [0.1, 0.15) is 97.4 Å². The molecule has 2 aliphatic carbocycles. The van der Waals surface area contributed by atoms with Crippen LogP contribution >= 0.6 is 0 Å². The van der Waals surface area contributed by atoms with Crippen molar-refractivity contribution in [2.75, 3.05) is 26.2 Å². The predicted octanol–water partition coefficient (Wildman–Crippen LogP) is 6.62. The van der Waals surface area contributed by atoms with Crippen molar-refractivity contribution in [2.24, 2.45) is 10.8 Å². The largest absolute Gasteiger partial charge is 0.444 e. The number of benzene rings is 2. The molecule has 2 aliphatic heterocycles. The van der Waals surface area contributed by atoms with Gasteiger partial charge in [0.15, 0.2) is 0 Å². The highest BCUT2D eigenvalue weighted by Gasteiger charge is 2.51. The summed E-state index contributed by atoms with van der Waals surface area (Å²) in [6.45, 7) is 15.8. The van der Waals surface area contributed by atoms with Gasteiger partial charge >= 0.3 is 6.09 Å². The summed E-state index contributed by atoms with van der Waals surface area (Å²) in [6.07, 6.45) is 3.42. The van der Waals surface area contributed by atoms with E-state index >= 15 is 0 Å². The lowest BCUT2D eigenvalue weighted by atomic mass is 9.97. The number of ether oxygens (including phenoxy) is 1. The Balaban J connectivity index is 0.000000193. The van der Waals surface area contributed by atoms with E-state index in [4.69, 9.17) is 4.74 Å². The minimum atomic E-state index is -0.609. The molecule has 10 heteroatoms. The number of carbonyl (C=O) groups excluding carboxylic acids is 3.